The molecular weight excluding hydrogens is 166 g/mol. The summed E-state index contributed by atoms with van der Waals surface area (Å²) in [5.74, 6) is 0. The maximum Gasteiger partial charge on any atom is 2.00 e. The molecule has 0 fully saturated rings. The van der Waals surface area contributed by atoms with E-state index in [9.17, 15) is 0 Å². The molecule has 3 nitrogen and oxygen atoms in total. The summed E-state index contributed by atoms with van der Waals surface area (Å²) in [6.07, 6.45) is 0. The molecule has 0 bridgehead atoms. The van der Waals surface area contributed by atoms with E-state index < -0.39 is 9.17 Å². The van der Waals surface area contributed by atoms with E-state index in [4.69, 9.17) is 14.1 Å². The Morgan fingerprint density at radius 1 is 1.33 bits per heavy atom. The fourth-order valence-electron chi connectivity index (χ4n) is 0. The summed E-state index contributed by atoms with van der Waals surface area (Å²) in [4.78, 5) is 17.0. The van der Waals surface area contributed by atoms with Crippen LogP contribution in [0.4, 0.5) is 0 Å². The Kier molecular flexibility index (Phi) is 24.6. The van der Waals surface area contributed by atoms with Crippen LogP contribution in [0.15, 0.2) is 0 Å². The van der Waals surface area contributed by atoms with Gasteiger partial charge in [0, 0.05) is 9.17 Å². The molecule has 24 valence electrons. The molecule has 0 aromatic heterocycles. The minimum absolute atomic E-state index is 0. The first-order valence-electron chi connectivity index (χ1n) is 0.612. The molecule has 0 saturated heterocycles. The average molecular weight is 166 g/mol. The zero-order valence-corrected chi connectivity index (χ0v) is 8.52. The summed E-state index contributed by atoms with van der Waals surface area (Å²) < 4.78 is 8.52. The van der Waals surface area contributed by atoms with Crippen LogP contribution in [0, 0.1) is 0 Å². The largest absolute Gasteiger partial charge is 2.00 e. The van der Waals surface area contributed by atoms with E-state index in [2.05, 4.69) is 0 Å². The third-order valence-electron chi connectivity index (χ3n) is 0. The first-order chi connectivity index (χ1) is 1.73. The zero-order chi connectivity index (χ0) is 3.58. The zero-order valence-electron chi connectivity index (χ0n) is 3.14. The van der Waals surface area contributed by atoms with Gasteiger partial charge in [-0.05, 0) is 0 Å². The van der Waals surface area contributed by atoms with Gasteiger partial charge in [0.15, 0.2) is 0 Å². The van der Waals surface area contributed by atoms with Gasteiger partial charge >= 0.3 is 42.5 Å². The van der Waals surface area contributed by atoms with Gasteiger partial charge in [0.25, 0.3) is 0 Å². The number of rotatable bonds is 0. The summed E-state index contributed by atoms with van der Waals surface area (Å²) in [5.41, 5.74) is 0. The van der Waals surface area contributed by atoms with Gasteiger partial charge in [-0.25, -0.2) is 0 Å². The van der Waals surface area contributed by atoms with E-state index in [1.807, 2.05) is 0 Å². The van der Waals surface area contributed by atoms with Crippen molar-refractivity contribution >= 4 is 32.2 Å². The molecule has 0 atom stereocenters. The first-order valence-corrected chi connectivity index (χ1v) is 1.84. The van der Waals surface area contributed by atoms with Crippen LogP contribution in [0.1, 0.15) is 0 Å². The van der Waals surface area contributed by atoms with Crippen molar-refractivity contribution in [1.29, 1.82) is 0 Å². The van der Waals surface area contributed by atoms with E-state index in [-0.39, 0.29) is 42.5 Å². The summed E-state index contributed by atoms with van der Waals surface area (Å²) in [6, 6.07) is 0. The van der Waals surface area contributed by atoms with E-state index >= 15 is 0 Å². The van der Waals surface area contributed by atoms with Gasteiger partial charge in [-0.2, -0.15) is 0 Å². The van der Waals surface area contributed by atoms with Gasteiger partial charge in [-0.1, -0.05) is 0 Å². The second-order valence-electron chi connectivity index (χ2n) is 0.250. The van der Waals surface area contributed by atoms with Crippen LogP contribution in [-0.2, 0) is 23.9 Å². The summed E-state index contributed by atoms with van der Waals surface area (Å²) in [7, 11) is -3.63. The molecule has 0 saturated carbocycles. The summed E-state index contributed by atoms with van der Waals surface area (Å²) in [5, 5.41) is 0. The van der Waals surface area contributed by atoms with Crippen LogP contribution < -0.4 is 9.59 Å². The van der Waals surface area contributed by atoms with Crippen LogP contribution in [0.25, 0.3) is 0 Å². The smallest absolute Gasteiger partial charge is 0.672 e. The van der Waals surface area contributed by atoms with Gasteiger partial charge in [0.2, 0.25) is 0 Å². The van der Waals surface area contributed by atoms with E-state index in [0.717, 1.165) is 0 Å². The molecule has 0 aliphatic heterocycles. The van der Waals surface area contributed by atoms with Gasteiger partial charge in [0.05, 0.1) is 0 Å². The minimum atomic E-state index is -3.63. The maximum atomic E-state index is 8.52. The molecule has 6 heteroatoms. The molecule has 0 N–H and O–H groups in total. The Morgan fingerprint density at radius 3 is 1.33 bits per heavy atom. The Labute approximate surface area is 65.6 Å². The van der Waals surface area contributed by atoms with Crippen LogP contribution >= 0.6 is 0 Å². The van der Waals surface area contributed by atoms with Crippen molar-refractivity contribution in [2.45, 2.75) is 0 Å². The van der Waals surface area contributed by atoms with E-state index in [0.29, 0.717) is 0 Å². The minimum Gasteiger partial charge on any atom is -0.672 e. The van der Waals surface area contributed by atoms with Crippen molar-refractivity contribution in [2.24, 2.45) is 0 Å². The van der Waals surface area contributed by atoms with Crippen LogP contribution in [0.3, 0.4) is 0 Å². The Morgan fingerprint density at radius 2 is 1.33 bits per heavy atom. The van der Waals surface area contributed by atoms with Gasteiger partial charge in [0.1, 0.15) is 0 Å². The third kappa shape index (κ3) is 79.3. The predicted molar refractivity (Wildman–Crippen MR) is 12.2 cm³/mol. The van der Waals surface area contributed by atoms with E-state index in [1.165, 1.54) is 0 Å². The Balaban J connectivity index is -0.0000000450. The van der Waals surface area contributed by atoms with Crippen LogP contribution in [0.5, 0.6) is 0 Å². The molecule has 0 rings (SSSR count). The van der Waals surface area contributed by atoms with Crippen molar-refractivity contribution in [1.82, 2.24) is 0 Å². The van der Waals surface area contributed by atoms with Crippen LogP contribution in [0.2, 0.25) is 0 Å². The van der Waals surface area contributed by atoms with Crippen molar-refractivity contribution in [3.63, 3.8) is 0 Å². The van der Waals surface area contributed by atoms with Crippen LogP contribution in [-0.4, -0.2) is 32.2 Å². The molecule has 0 heterocycles. The second-order valence-corrected chi connectivity index (χ2v) is 0.750. The number of hydrogen-bond donors (Lipinski definition) is 0. The normalized spacial score (nSPS) is 4.00. The topological polar surface area (TPSA) is 63.2 Å². The van der Waals surface area contributed by atoms with Crippen molar-refractivity contribution in [3.05, 3.63) is 0 Å². The molecule has 0 radical (unpaired) electrons. The fraction of sp³-hybridized carbons (Fsp3) is 0. The third-order valence-corrected chi connectivity index (χ3v) is 0. The Bertz CT molecular complexity index is 33.8. The quantitative estimate of drug-likeness (QED) is 0.354. The van der Waals surface area contributed by atoms with Crippen molar-refractivity contribution < 1.29 is 33.5 Å². The SMILES string of the molecule is O=[Si]([O-])[O-].[Mg+2].[Zn+2]. The molecule has 0 aromatic carbocycles. The number of hydrogen-bond acceptors (Lipinski definition) is 3. The van der Waals surface area contributed by atoms with E-state index in [1.54, 1.807) is 0 Å². The molecule has 0 spiro atoms. The fourth-order valence-corrected chi connectivity index (χ4v) is 0. The maximum absolute atomic E-state index is 8.52. The molecule has 0 unspecified atom stereocenters. The van der Waals surface area contributed by atoms with Gasteiger partial charge in [-0.3, -0.25) is 0 Å². The molecule has 0 amide bonds. The summed E-state index contributed by atoms with van der Waals surface area (Å²) in [6.45, 7) is 0. The molecule has 0 aromatic rings. The summed E-state index contributed by atoms with van der Waals surface area (Å²) >= 11 is 0. The van der Waals surface area contributed by atoms with Gasteiger partial charge in [-0.15, -0.1) is 0 Å². The first kappa shape index (κ1) is 15.7. The monoisotopic (exact) mass is 164 g/mol. The second kappa shape index (κ2) is 9.38. The standard InChI is InChI=1S/Mg.O3Si.Zn/c;1-4(2)3;/q+2;-2;+2. The molecular formula is MgO3SiZn+2. The van der Waals surface area contributed by atoms with Crippen molar-refractivity contribution in [2.75, 3.05) is 0 Å². The molecule has 0 aliphatic carbocycles. The molecule has 0 aliphatic rings. The van der Waals surface area contributed by atoms with Gasteiger partial charge < -0.3 is 14.1 Å². The Hall–Kier alpha value is 1.01. The van der Waals surface area contributed by atoms with Crippen molar-refractivity contribution in [3.8, 4) is 0 Å². The molecule has 6 heavy (non-hydrogen) atoms. The average Bonchev–Trinajstić information content (AvgIpc) is 0.811. The predicted octanol–water partition coefficient (Wildman–Crippen LogP) is -3.26.